The molecule has 0 amide bonds. The van der Waals surface area contributed by atoms with Crippen molar-refractivity contribution in [2.75, 3.05) is 0 Å². The fraction of sp³-hybridized carbons (Fsp3) is 0.150. The van der Waals surface area contributed by atoms with Crippen LogP contribution in [0.5, 0.6) is 0 Å². The van der Waals surface area contributed by atoms with Gasteiger partial charge in [-0.1, -0.05) is 30.3 Å². The molecule has 25 heavy (non-hydrogen) atoms. The summed E-state index contributed by atoms with van der Waals surface area (Å²) >= 11 is 0. The Balaban J connectivity index is 1.92. The first-order valence-corrected chi connectivity index (χ1v) is 8.10. The van der Waals surface area contributed by atoms with Crippen molar-refractivity contribution in [1.82, 2.24) is 14.8 Å². The highest BCUT2D eigenvalue weighted by atomic mass is 16.3. The molecule has 4 rings (SSSR count). The smallest absolute Gasteiger partial charge is 0.185 e. The molecular formula is C20H17N3O2. The monoisotopic (exact) mass is 331 g/mol. The Morgan fingerprint density at radius 3 is 2.64 bits per heavy atom. The summed E-state index contributed by atoms with van der Waals surface area (Å²) in [5, 5.41) is 5.70. The number of hydrogen-bond donors (Lipinski definition) is 0. The molecule has 3 aromatic heterocycles. The Morgan fingerprint density at radius 1 is 1.12 bits per heavy atom. The molecule has 0 radical (unpaired) electrons. The molecule has 0 spiro atoms. The Hall–Kier alpha value is -3.21. The number of aryl methyl sites for hydroxylation is 2. The van der Waals surface area contributed by atoms with Gasteiger partial charge in [-0.25, -0.2) is 9.67 Å². The van der Waals surface area contributed by atoms with Gasteiger partial charge >= 0.3 is 0 Å². The van der Waals surface area contributed by atoms with Gasteiger partial charge in [-0.2, -0.15) is 5.10 Å². The van der Waals surface area contributed by atoms with E-state index in [1.165, 1.54) is 0 Å². The van der Waals surface area contributed by atoms with Crippen LogP contribution >= 0.6 is 0 Å². The number of rotatable bonds is 4. The van der Waals surface area contributed by atoms with Crippen LogP contribution in [0.25, 0.3) is 22.5 Å². The maximum Gasteiger partial charge on any atom is 0.185 e. The second-order valence-electron chi connectivity index (χ2n) is 6.09. The molecule has 4 aromatic rings. The van der Waals surface area contributed by atoms with Crippen molar-refractivity contribution in [3.8, 4) is 11.5 Å². The molecule has 5 heteroatoms. The molecule has 1 aromatic carbocycles. The number of furan rings is 1. The van der Waals surface area contributed by atoms with Crippen LogP contribution in [0.2, 0.25) is 0 Å². The van der Waals surface area contributed by atoms with Gasteiger partial charge in [0.15, 0.2) is 23.5 Å². The van der Waals surface area contributed by atoms with Crippen LogP contribution < -0.4 is 0 Å². The molecule has 0 bridgehead atoms. The topological polar surface area (TPSA) is 60.9 Å². The van der Waals surface area contributed by atoms with Crippen LogP contribution in [0.1, 0.15) is 27.4 Å². The first-order chi connectivity index (χ1) is 12.2. The van der Waals surface area contributed by atoms with Gasteiger partial charge in [0, 0.05) is 5.69 Å². The lowest BCUT2D eigenvalue weighted by atomic mass is 10.1. The Bertz CT molecular complexity index is 1060. The Morgan fingerprint density at radius 2 is 1.92 bits per heavy atom. The van der Waals surface area contributed by atoms with Crippen LogP contribution in [-0.2, 0) is 6.54 Å². The lowest BCUT2D eigenvalue weighted by molar-refractivity contribution is 0.110. The fourth-order valence-electron chi connectivity index (χ4n) is 3.10. The van der Waals surface area contributed by atoms with Gasteiger partial charge in [0.05, 0.1) is 11.9 Å². The van der Waals surface area contributed by atoms with Gasteiger partial charge in [0.1, 0.15) is 5.69 Å². The number of aldehydes is 1. The van der Waals surface area contributed by atoms with Crippen molar-refractivity contribution in [3.63, 3.8) is 0 Å². The SMILES string of the molecule is Cc1cc(C)c2c(-c3ccc(C=O)o3)nn(Cc3ccccc3)c2n1. The molecule has 0 aliphatic carbocycles. The van der Waals surface area contributed by atoms with Gasteiger partial charge in [0.2, 0.25) is 0 Å². The molecule has 0 aliphatic heterocycles. The summed E-state index contributed by atoms with van der Waals surface area (Å²) in [6, 6.07) is 15.6. The normalized spacial score (nSPS) is 11.1. The summed E-state index contributed by atoms with van der Waals surface area (Å²) in [6.45, 7) is 4.64. The van der Waals surface area contributed by atoms with E-state index in [-0.39, 0.29) is 0 Å². The van der Waals surface area contributed by atoms with Crippen LogP contribution in [0.4, 0.5) is 0 Å². The largest absolute Gasteiger partial charge is 0.452 e. The average molecular weight is 331 g/mol. The molecule has 3 heterocycles. The van der Waals surface area contributed by atoms with Crippen molar-refractivity contribution < 1.29 is 9.21 Å². The summed E-state index contributed by atoms with van der Waals surface area (Å²) in [5.74, 6) is 0.867. The van der Waals surface area contributed by atoms with E-state index in [0.29, 0.717) is 30.0 Å². The summed E-state index contributed by atoms with van der Waals surface area (Å²) in [4.78, 5) is 15.6. The van der Waals surface area contributed by atoms with Crippen LogP contribution in [0, 0.1) is 13.8 Å². The van der Waals surface area contributed by atoms with Gasteiger partial charge in [-0.3, -0.25) is 4.79 Å². The lowest BCUT2D eigenvalue weighted by Crippen LogP contribution is -2.03. The van der Waals surface area contributed by atoms with Crippen molar-refractivity contribution in [2.45, 2.75) is 20.4 Å². The first-order valence-electron chi connectivity index (χ1n) is 8.10. The molecule has 0 saturated carbocycles. The number of carbonyl (C=O) groups is 1. The zero-order chi connectivity index (χ0) is 17.4. The molecule has 0 atom stereocenters. The molecule has 0 unspecified atom stereocenters. The number of pyridine rings is 1. The van der Waals surface area contributed by atoms with Gasteiger partial charge < -0.3 is 4.42 Å². The van der Waals surface area contributed by atoms with E-state index in [1.807, 2.05) is 42.8 Å². The third-order valence-corrected chi connectivity index (χ3v) is 4.18. The summed E-state index contributed by atoms with van der Waals surface area (Å²) in [7, 11) is 0. The number of carbonyl (C=O) groups excluding carboxylic acids is 1. The summed E-state index contributed by atoms with van der Waals surface area (Å²) < 4.78 is 7.50. The highest BCUT2D eigenvalue weighted by Crippen LogP contribution is 2.31. The molecule has 5 nitrogen and oxygen atoms in total. The maximum absolute atomic E-state index is 10.9. The molecule has 0 saturated heterocycles. The van der Waals surface area contributed by atoms with E-state index in [1.54, 1.807) is 12.1 Å². The van der Waals surface area contributed by atoms with Crippen molar-refractivity contribution in [2.24, 2.45) is 0 Å². The van der Waals surface area contributed by atoms with E-state index in [0.717, 1.165) is 27.9 Å². The van der Waals surface area contributed by atoms with Crippen LogP contribution in [0.3, 0.4) is 0 Å². The molecule has 0 fully saturated rings. The van der Waals surface area contributed by atoms with Gasteiger partial charge in [-0.15, -0.1) is 0 Å². The van der Waals surface area contributed by atoms with Crippen LogP contribution in [0.15, 0.2) is 52.9 Å². The van der Waals surface area contributed by atoms with E-state index in [2.05, 4.69) is 12.1 Å². The van der Waals surface area contributed by atoms with E-state index < -0.39 is 0 Å². The van der Waals surface area contributed by atoms with Crippen molar-refractivity contribution >= 4 is 17.3 Å². The number of nitrogens with zero attached hydrogens (tertiary/aromatic N) is 3. The zero-order valence-electron chi connectivity index (χ0n) is 14.1. The second kappa shape index (κ2) is 6.02. The quantitative estimate of drug-likeness (QED) is 0.527. The number of fused-ring (bicyclic) bond motifs is 1. The van der Waals surface area contributed by atoms with Gasteiger partial charge in [0.25, 0.3) is 0 Å². The zero-order valence-corrected chi connectivity index (χ0v) is 14.1. The highest BCUT2D eigenvalue weighted by molar-refractivity contribution is 5.93. The Kier molecular flexibility index (Phi) is 3.69. The third kappa shape index (κ3) is 2.74. The molecule has 0 N–H and O–H groups in total. The summed E-state index contributed by atoms with van der Waals surface area (Å²) in [5.41, 5.74) is 4.71. The number of aromatic nitrogens is 3. The minimum Gasteiger partial charge on any atom is -0.452 e. The standard InChI is InChI=1S/C20H17N3O2/c1-13-10-14(2)21-20-18(13)19(17-9-8-16(12-24)25-17)22-23(20)11-15-6-4-3-5-7-15/h3-10,12H,11H2,1-2H3. The molecular weight excluding hydrogens is 314 g/mol. The van der Waals surface area contributed by atoms with E-state index >= 15 is 0 Å². The second-order valence-corrected chi connectivity index (χ2v) is 6.09. The molecule has 0 aliphatic rings. The van der Waals surface area contributed by atoms with Gasteiger partial charge in [-0.05, 0) is 43.2 Å². The fourth-order valence-corrected chi connectivity index (χ4v) is 3.10. The summed E-state index contributed by atoms with van der Waals surface area (Å²) in [6.07, 6.45) is 0.696. The first kappa shape index (κ1) is 15.3. The minimum atomic E-state index is 0.290. The van der Waals surface area contributed by atoms with Crippen molar-refractivity contribution in [1.29, 1.82) is 0 Å². The maximum atomic E-state index is 10.9. The van der Waals surface area contributed by atoms with Crippen molar-refractivity contribution in [3.05, 3.63) is 71.1 Å². The number of benzene rings is 1. The minimum absolute atomic E-state index is 0.290. The third-order valence-electron chi connectivity index (χ3n) is 4.18. The average Bonchev–Trinajstić information content (AvgIpc) is 3.21. The lowest BCUT2D eigenvalue weighted by Gasteiger charge is -2.04. The predicted molar refractivity (Wildman–Crippen MR) is 95.6 cm³/mol. The predicted octanol–water partition coefficient (Wildman–Crippen LogP) is 4.17. The number of hydrogen-bond acceptors (Lipinski definition) is 4. The highest BCUT2D eigenvalue weighted by Gasteiger charge is 2.19. The van der Waals surface area contributed by atoms with E-state index in [4.69, 9.17) is 14.5 Å². The molecule has 124 valence electrons. The van der Waals surface area contributed by atoms with Crippen LogP contribution in [-0.4, -0.2) is 21.1 Å². The Labute approximate surface area is 144 Å². The van der Waals surface area contributed by atoms with E-state index in [9.17, 15) is 4.79 Å².